The van der Waals surface area contributed by atoms with Gasteiger partial charge in [0.05, 0.1) is 72.4 Å². The Balaban J connectivity index is 1.26. The number of hydrogen-bond acceptors (Lipinski definition) is 4. The van der Waals surface area contributed by atoms with Crippen LogP contribution in [0.2, 0.25) is 0 Å². The zero-order valence-electron chi connectivity index (χ0n) is 59.7. The van der Waals surface area contributed by atoms with Crippen LogP contribution in [0.5, 0.6) is 0 Å². The molecule has 0 aliphatic rings. The molecule has 0 N–H and O–H groups in total. The second-order valence-electron chi connectivity index (χ2n) is 31.7. The molecule has 17 aromatic rings. The van der Waals surface area contributed by atoms with E-state index in [0.29, 0.717) is 17.5 Å². The van der Waals surface area contributed by atoms with Crippen molar-refractivity contribution in [2.24, 2.45) is 0 Å². The van der Waals surface area contributed by atoms with Gasteiger partial charge in [-0.05, 0) is 148 Å². The third-order valence-corrected chi connectivity index (χ3v) is 20.7. The molecule has 100 heavy (non-hydrogen) atoms. The Morgan fingerprint density at radius 2 is 0.480 bits per heavy atom. The van der Waals surface area contributed by atoms with Gasteiger partial charge in [-0.1, -0.05) is 241 Å². The molecular formula is C92H82N8. The summed E-state index contributed by atoms with van der Waals surface area (Å²) >= 11 is 0. The lowest BCUT2D eigenvalue weighted by Crippen LogP contribution is -2.17. The predicted molar refractivity (Wildman–Crippen MR) is 421 cm³/mol. The highest BCUT2D eigenvalue weighted by Crippen LogP contribution is 2.55. The first kappa shape index (κ1) is 62.3. The van der Waals surface area contributed by atoms with Crippen molar-refractivity contribution < 1.29 is 0 Å². The summed E-state index contributed by atoms with van der Waals surface area (Å²) < 4.78 is 10.5. The maximum atomic E-state index is 6.03. The first-order valence-electron chi connectivity index (χ1n) is 35.2. The van der Waals surface area contributed by atoms with Crippen molar-refractivity contribution in [1.29, 1.82) is 0 Å². The first-order valence-corrected chi connectivity index (χ1v) is 35.2. The fourth-order valence-electron chi connectivity index (χ4n) is 15.7. The van der Waals surface area contributed by atoms with Gasteiger partial charge < -0.3 is 18.3 Å². The lowest BCUT2D eigenvalue weighted by Gasteiger charge is -2.31. The maximum Gasteiger partial charge on any atom is 0.166 e. The van der Waals surface area contributed by atoms with E-state index in [0.717, 1.165) is 144 Å². The lowest BCUT2D eigenvalue weighted by molar-refractivity contribution is 0.591. The predicted octanol–water partition coefficient (Wildman–Crippen LogP) is 24.1. The minimum atomic E-state index is -0.159. The number of rotatable bonds is 8. The van der Waals surface area contributed by atoms with Gasteiger partial charge in [-0.2, -0.15) is 0 Å². The molecule has 8 heteroatoms. The van der Waals surface area contributed by atoms with Crippen LogP contribution in [0.15, 0.2) is 243 Å². The topological polar surface area (TPSA) is 71.3 Å². The monoisotopic (exact) mass is 1300 g/mol. The number of aryl methyl sites for hydroxylation is 2. The first-order chi connectivity index (χ1) is 48.0. The summed E-state index contributed by atoms with van der Waals surface area (Å²) in [5.41, 5.74) is 22.9. The maximum absolute atomic E-state index is 6.03. The quantitative estimate of drug-likeness (QED) is 0.152. The smallest absolute Gasteiger partial charge is 0.166 e. The number of pyridine rings is 1. The summed E-state index contributed by atoms with van der Waals surface area (Å²) in [6, 6.07) is 90.6. The summed E-state index contributed by atoms with van der Waals surface area (Å²) in [5, 5.41) is 9.21. The van der Waals surface area contributed by atoms with E-state index in [-0.39, 0.29) is 21.7 Å². The largest absolute Gasteiger partial charge is 0.306 e. The van der Waals surface area contributed by atoms with E-state index in [4.69, 9.17) is 19.9 Å². The molecule has 0 fully saturated rings. The summed E-state index contributed by atoms with van der Waals surface area (Å²) in [4.78, 5) is 22.8. The molecule has 490 valence electrons. The summed E-state index contributed by atoms with van der Waals surface area (Å²) in [6.07, 6.45) is 0. The van der Waals surface area contributed by atoms with Crippen molar-refractivity contribution in [3.05, 3.63) is 276 Å². The standard InChI is InChI=1S/C92H82N8/c1-55-49-59(50-56(2)93-55)80-81(88-95-86(57-29-17-15-18-30-57)94-87(96-88)58-31-19-16-20-32-58)83(98-73-38-26-22-34-65(73)69-52-61(90(6,7)8)42-46-77(69)98)85(100-75-40-28-24-36-67(75)71-54-63(92(12,13)14)44-48-79(71)100)84(99-74-39-27-23-35-66(74)70-53-62(91(9,10)11)43-47-78(70)99)82(80)97-72-37-25-21-33-64(72)68-51-60(89(3,4)5)41-45-76(68)97/h15-54H,1-14H3. The fourth-order valence-corrected chi connectivity index (χ4v) is 15.7. The fraction of sp³-hybridized carbons (Fsp3) is 0.196. The number of benzene rings is 11. The van der Waals surface area contributed by atoms with E-state index in [1.54, 1.807) is 0 Å². The minimum Gasteiger partial charge on any atom is -0.306 e. The van der Waals surface area contributed by atoms with Crippen LogP contribution in [-0.2, 0) is 21.7 Å². The third-order valence-electron chi connectivity index (χ3n) is 20.7. The van der Waals surface area contributed by atoms with E-state index in [1.807, 2.05) is 0 Å². The molecule has 11 aromatic carbocycles. The molecular weight excluding hydrogens is 1220 g/mol. The normalized spacial score (nSPS) is 12.7. The molecule has 8 nitrogen and oxygen atoms in total. The molecule has 0 atom stereocenters. The van der Waals surface area contributed by atoms with Gasteiger partial charge in [-0.15, -0.1) is 0 Å². The second-order valence-corrected chi connectivity index (χ2v) is 31.7. The van der Waals surface area contributed by atoms with Crippen LogP contribution in [0.25, 0.3) is 155 Å². The van der Waals surface area contributed by atoms with Gasteiger partial charge in [0.25, 0.3) is 0 Å². The third kappa shape index (κ3) is 9.99. The zero-order chi connectivity index (χ0) is 69.1. The zero-order valence-corrected chi connectivity index (χ0v) is 59.7. The Kier molecular flexibility index (Phi) is 14.1. The number of hydrogen-bond donors (Lipinski definition) is 0. The van der Waals surface area contributed by atoms with Gasteiger partial charge in [-0.25, -0.2) is 15.0 Å². The number of para-hydroxylation sites is 4. The van der Waals surface area contributed by atoms with E-state index in [9.17, 15) is 0 Å². The molecule has 0 amide bonds. The van der Waals surface area contributed by atoms with Crippen LogP contribution >= 0.6 is 0 Å². The SMILES string of the molecule is Cc1cc(-c2c(-c3nc(-c4ccccc4)nc(-c4ccccc4)n3)c(-n3c4ccccc4c4cc(C(C)(C)C)ccc43)c(-n3c4ccccc4c4cc(C(C)(C)C)ccc43)c(-n3c4ccccc4c4cc(C(C)(C)C)ccc43)c2-n2c3ccccc3c3cc(C(C)(C)C)ccc32)cc(C)n1. The highest BCUT2D eigenvalue weighted by molar-refractivity contribution is 6.19. The second kappa shape index (κ2) is 22.7. The van der Waals surface area contributed by atoms with Crippen LogP contribution in [0.1, 0.15) is 117 Å². The van der Waals surface area contributed by atoms with E-state index >= 15 is 0 Å². The molecule has 0 aliphatic heterocycles. The van der Waals surface area contributed by atoms with Crippen molar-refractivity contribution in [1.82, 2.24) is 38.2 Å². The van der Waals surface area contributed by atoms with Crippen LogP contribution in [0, 0.1) is 13.8 Å². The van der Waals surface area contributed by atoms with Gasteiger partial charge in [0.2, 0.25) is 0 Å². The van der Waals surface area contributed by atoms with Gasteiger partial charge in [0.15, 0.2) is 17.5 Å². The molecule has 0 saturated carbocycles. The Bertz CT molecular complexity index is 6120. The highest BCUT2D eigenvalue weighted by Gasteiger charge is 2.38. The van der Waals surface area contributed by atoms with Crippen LogP contribution in [0.4, 0.5) is 0 Å². The average molecular weight is 1300 g/mol. The Labute approximate surface area is 584 Å². The summed E-state index contributed by atoms with van der Waals surface area (Å²) in [5.74, 6) is 1.63. The van der Waals surface area contributed by atoms with E-state index in [2.05, 4.69) is 358 Å². The molecule has 0 aliphatic carbocycles. The number of fused-ring (bicyclic) bond motifs is 12. The van der Waals surface area contributed by atoms with Gasteiger partial charge in [-0.3, -0.25) is 4.98 Å². The Morgan fingerprint density at radius 3 is 0.790 bits per heavy atom. The van der Waals surface area contributed by atoms with Gasteiger partial charge in [0, 0.05) is 71.2 Å². The summed E-state index contributed by atoms with van der Waals surface area (Å²) in [6.45, 7) is 32.1. The molecule has 17 rings (SSSR count). The Morgan fingerprint density at radius 1 is 0.220 bits per heavy atom. The highest BCUT2D eigenvalue weighted by atomic mass is 15.2. The number of nitrogens with zero attached hydrogens (tertiary/aromatic N) is 8. The number of aromatic nitrogens is 8. The molecule has 0 radical (unpaired) electrons. The lowest BCUT2D eigenvalue weighted by atomic mass is 9.86. The average Bonchev–Trinajstić information content (AvgIpc) is 1.45. The van der Waals surface area contributed by atoms with Gasteiger partial charge in [0.1, 0.15) is 0 Å². The molecule has 6 aromatic heterocycles. The molecule has 0 bridgehead atoms. The van der Waals surface area contributed by atoms with Crippen LogP contribution in [-0.4, -0.2) is 38.2 Å². The molecule has 6 heterocycles. The molecule has 0 spiro atoms. The van der Waals surface area contributed by atoms with Gasteiger partial charge >= 0.3 is 0 Å². The van der Waals surface area contributed by atoms with Crippen molar-refractivity contribution in [2.75, 3.05) is 0 Å². The van der Waals surface area contributed by atoms with Crippen LogP contribution in [0.3, 0.4) is 0 Å². The van der Waals surface area contributed by atoms with E-state index in [1.165, 1.54) is 27.6 Å². The van der Waals surface area contributed by atoms with Crippen molar-refractivity contribution in [2.45, 2.75) is 119 Å². The molecule has 0 saturated heterocycles. The molecule has 0 unspecified atom stereocenters. The van der Waals surface area contributed by atoms with Crippen molar-refractivity contribution in [3.8, 4) is 68.0 Å². The van der Waals surface area contributed by atoms with Crippen LogP contribution < -0.4 is 0 Å². The minimum absolute atomic E-state index is 0.151. The van der Waals surface area contributed by atoms with E-state index < -0.39 is 0 Å². The summed E-state index contributed by atoms with van der Waals surface area (Å²) in [7, 11) is 0. The van der Waals surface area contributed by atoms with Crippen molar-refractivity contribution >= 4 is 87.2 Å². The van der Waals surface area contributed by atoms with Crippen molar-refractivity contribution in [3.63, 3.8) is 0 Å². The Hall–Kier alpha value is -11.2.